The van der Waals surface area contributed by atoms with Gasteiger partial charge in [0.05, 0.1) is 7.11 Å². The lowest BCUT2D eigenvalue weighted by atomic mass is 10.5. The first-order valence-corrected chi connectivity index (χ1v) is 3.89. The molecule has 0 aliphatic carbocycles. The molecule has 7 heteroatoms. The van der Waals surface area contributed by atoms with Crippen LogP contribution in [0.4, 0.5) is 5.82 Å². The van der Waals surface area contributed by atoms with Crippen LogP contribution in [-0.4, -0.2) is 26.6 Å². The van der Waals surface area contributed by atoms with E-state index in [-0.39, 0.29) is 17.5 Å². The number of nitrogens with zero attached hydrogens (tertiary/aromatic N) is 3. The van der Waals surface area contributed by atoms with Gasteiger partial charge in [0, 0.05) is 7.05 Å². The molecule has 0 unspecified atom stereocenters. The summed E-state index contributed by atoms with van der Waals surface area (Å²) in [5, 5.41) is 0. The summed E-state index contributed by atoms with van der Waals surface area (Å²) >= 11 is 0. The summed E-state index contributed by atoms with van der Waals surface area (Å²) < 4.78 is 6.17. The molecule has 0 saturated carbocycles. The zero-order chi connectivity index (χ0) is 10.3. The molecule has 0 fully saturated rings. The van der Waals surface area contributed by atoms with Crippen molar-refractivity contribution in [3.8, 4) is 6.01 Å². The number of rotatable bonds is 1. The summed E-state index contributed by atoms with van der Waals surface area (Å²) in [4.78, 5) is 21.6. The third-order valence-corrected chi connectivity index (χ3v) is 1.94. The smallest absolute Gasteiger partial charge is 0.327 e. The first kappa shape index (κ1) is 8.54. The molecule has 0 aliphatic heterocycles. The zero-order valence-corrected chi connectivity index (χ0v) is 7.74. The SMILES string of the molecule is COc1nc(N)c2c(n1)[nH]c(=O)n2C. The molecule has 0 spiro atoms. The lowest BCUT2D eigenvalue weighted by Crippen LogP contribution is -2.12. The molecule has 0 aliphatic rings. The fourth-order valence-corrected chi connectivity index (χ4v) is 1.25. The molecular weight excluding hydrogens is 186 g/mol. The number of fused-ring (bicyclic) bond motifs is 1. The lowest BCUT2D eigenvalue weighted by Gasteiger charge is -2.00. The van der Waals surface area contributed by atoms with E-state index in [4.69, 9.17) is 10.5 Å². The van der Waals surface area contributed by atoms with Gasteiger partial charge in [-0.25, -0.2) is 4.79 Å². The Kier molecular flexibility index (Phi) is 1.66. The molecule has 0 amide bonds. The van der Waals surface area contributed by atoms with Crippen molar-refractivity contribution < 1.29 is 4.74 Å². The number of ether oxygens (including phenoxy) is 1. The zero-order valence-electron chi connectivity index (χ0n) is 7.74. The number of nitrogen functional groups attached to an aromatic ring is 1. The first-order chi connectivity index (χ1) is 6.63. The first-order valence-electron chi connectivity index (χ1n) is 3.89. The van der Waals surface area contributed by atoms with Crippen LogP contribution in [0.1, 0.15) is 0 Å². The maximum atomic E-state index is 11.2. The molecule has 14 heavy (non-hydrogen) atoms. The van der Waals surface area contributed by atoms with Crippen molar-refractivity contribution in [3.63, 3.8) is 0 Å². The van der Waals surface area contributed by atoms with Crippen molar-refractivity contribution in [3.05, 3.63) is 10.5 Å². The second-order valence-corrected chi connectivity index (χ2v) is 2.78. The van der Waals surface area contributed by atoms with Gasteiger partial charge < -0.3 is 10.5 Å². The van der Waals surface area contributed by atoms with Crippen LogP contribution in [-0.2, 0) is 7.05 Å². The molecule has 3 N–H and O–H groups in total. The molecule has 2 rings (SSSR count). The van der Waals surface area contributed by atoms with Gasteiger partial charge in [-0.1, -0.05) is 0 Å². The van der Waals surface area contributed by atoms with Gasteiger partial charge in [0.15, 0.2) is 11.5 Å². The molecule has 0 saturated heterocycles. The number of nitrogens with one attached hydrogen (secondary N) is 1. The predicted octanol–water partition coefficient (Wildman–Crippen LogP) is -0.753. The standard InChI is InChI=1S/C7H9N5O2/c1-12-3-4(8)9-6(14-2)10-5(3)11-7(12)13/h1-2H3,(H3,8,9,10,11,13). The summed E-state index contributed by atoms with van der Waals surface area (Å²) in [5.74, 6) is 0.215. The minimum absolute atomic E-state index is 0.136. The quantitative estimate of drug-likeness (QED) is 0.623. The topological polar surface area (TPSA) is 98.8 Å². The monoisotopic (exact) mass is 195 g/mol. The second kappa shape index (κ2) is 2.72. The average Bonchev–Trinajstić information content (AvgIpc) is 2.43. The fourth-order valence-electron chi connectivity index (χ4n) is 1.25. The normalized spacial score (nSPS) is 10.7. The van der Waals surface area contributed by atoms with Gasteiger partial charge in [0.1, 0.15) is 5.52 Å². The Hall–Kier alpha value is -2.05. The van der Waals surface area contributed by atoms with Gasteiger partial charge in [-0.05, 0) is 0 Å². The number of aromatic amines is 1. The number of imidazole rings is 1. The Morgan fingerprint density at radius 2 is 2.21 bits per heavy atom. The number of aryl methyl sites for hydroxylation is 1. The minimum atomic E-state index is -0.283. The summed E-state index contributed by atoms with van der Waals surface area (Å²) in [6.07, 6.45) is 0. The number of nitrogens with two attached hydrogens (primary N) is 1. The predicted molar refractivity (Wildman–Crippen MR) is 50.1 cm³/mol. The van der Waals surface area contributed by atoms with Crippen molar-refractivity contribution in [1.82, 2.24) is 19.5 Å². The molecule has 0 aromatic carbocycles. The van der Waals surface area contributed by atoms with E-state index in [1.165, 1.54) is 11.7 Å². The van der Waals surface area contributed by atoms with Crippen LogP contribution in [0, 0.1) is 0 Å². The third-order valence-electron chi connectivity index (χ3n) is 1.94. The third kappa shape index (κ3) is 1.02. The number of aromatic nitrogens is 4. The van der Waals surface area contributed by atoms with Crippen LogP contribution in [0.15, 0.2) is 4.79 Å². The van der Waals surface area contributed by atoms with E-state index in [0.717, 1.165) is 0 Å². The highest BCUT2D eigenvalue weighted by Gasteiger charge is 2.11. The van der Waals surface area contributed by atoms with E-state index in [2.05, 4.69) is 15.0 Å². The van der Waals surface area contributed by atoms with Gasteiger partial charge in [0.25, 0.3) is 0 Å². The Balaban J connectivity index is 2.90. The highest BCUT2D eigenvalue weighted by atomic mass is 16.5. The summed E-state index contributed by atoms with van der Waals surface area (Å²) in [6.45, 7) is 0. The van der Waals surface area contributed by atoms with Crippen molar-refractivity contribution in [2.75, 3.05) is 12.8 Å². The molecule has 0 bridgehead atoms. The van der Waals surface area contributed by atoms with Gasteiger partial charge in [-0.2, -0.15) is 9.97 Å². The van der Waals surface area contributed by atoms with E-state index in [9.17, 15) is 4.79 Å². The van der Waals surface area contributed by atoms with Gasteiger partial charge in [-0.15, -0.1) is 0 Å². The molecule has 2 aromatic rings. The van der Waals surface area contributed by atoms with Gasteiger partial charge >= 0.3 is 11.7 Å². The van der Waals surface area contributed by atoms with E-state index < -0.39 is 0 Å². The number of hydrogen-bond donors (Lipinski definition) is 2. The van der Waals surface area contributed by atoms with E-state index in [1.807, 2.05) is 0 Å². The van der Waals surface area contributed by atoms with Crippen molar-refractivity contribution in [2.24, 2.45) is 7.05 Å². The minimum Gasteiger partial charge on any atom is -0.467 e. The number of methoxy groups -OCH3 is 1. The van der Waals surface area contributed by atoms with Crippen LogP contribution in [0.25, 0.3) is 11.2 Å². The second-order valence-electron chi connectivity index (χ2n) is 2.78. The van der Waals surface area contributed by atoms with Crippen molar-refractivity contribution in [2.45, 2.75) is 0 Å². The Morgan fingerprint density at radius 3 is 2.86 bits per heavy atom. The van der Waals surface area contributed by atoms with Crippen molar-refractivity contribution >= 4 is 17.0 Å². The molecule has 7 nitrogen and oxygen atoms in total. The maximum absolute atomic E-state index is 11.2. The Morgan fingerprint density at radius 1 is 1.50 bits per heavy atom. The Bertz CT molecular complexity index is 541. The average molecular weight is 195 g/mol. The summed E-state index contributed by atoms with van der Waals surface area (Å²) in [7, 11) is 3.02. The lowest BCUT2D eigenvalue weighted by molar-refractivity contribution is 0.382. The number of anilines is 1. The number of H-pyrrole nitrogens is 1. The fraction of sp³-hybridized carbons (Fsp3) is 0.286. The Labute approximate surface area is 78.5 Å². The van der Waals surface area contributed by atoms with E-state index in [0.29, 0.717) is 11.2 Å². The molecule has 2 heterocycles. The van der Waals surface area contributed by atoms with E-state index >= 15 is 0 Å². The molecular formula is C7H9N5O2. The number of hydrogen-bond acceptors (Lipinski definition) is 5. The summed E-state index contributed by atoms with van der Waals surface area (Å²) in [6, 6.07) is 0.136. The van der Waals surface area contributed by atoms with Crippen LogP contribution >= 0.6 is 0 Å². The van der Waals surface area contributed by atoms with Crippen LogP contribution in [0.5, 0.6) is 6.01 Å². The highest BCUT2D eigenvalue weighted by Crippen LogP contribution is 2.16. The van der Waals surface area contributed by atoms with Crippen molar-refractivity contribution in [1.29, 1.82) is 0 Å². The van der Waals surface area contributed by atoms with Gasteiger partial charge in [0.2, 0.25) is 0 Å². The highest BCUT2D eigenvalue weighted by molar-refractivity contribution is 5.81. The van der Waals surface area contributed by atoms with E-state index in [1.54, 1.807) is 7.05 Å². The van der Waals surface area contributed by atoms with Crippen LogP contribution in [0.2, 0.25) is 0 Å². The molecule has 2 aromatic heterocycles. The molecule has 0 atom stereocenters. The summed E-state index contributed by atoms with van der Waals surface area (Å²) in [5.41, 5.74) is 6.21. The molecule has 0 radical (unpaired) electrons. The maximum Gasteiger partial charge on any atom is 0.327 e. The van der Waals surface area contributed by atoms with Crippen LogP contribution in [0.3, 0.4) is 0 Å². The largest absolute Gasteiger partial charge is 0.467 e. The van der Waals surface area contributed by atoms with Gasteiger partial charge in [-0.3, -0.25) is 9.55 Å². The van der Waals surface area contributed by atoms with Crippen LogP contribution < -0.4 is 16.2 Å². The molecule has 74 valence electrons.